The van der Waals surface area contributed by atoms with Crippen LogP contribution < -0.4 is 0 Å². The first kappa shape index (κ1) is 43.5. The summed E-state index contributed by atoms with van der Waals surface area (Å²) in [6, 6.07) is 30.4. The monoisotopic (exact) mass is 912 g/mol. The maximum atomic E-state index is 6.05. The fourth-order valence-electron chi connectivity index (χ4n) is 8.27. The number of pyridine rings is 2. The summed E-state index contributed by atoms with van der Waals surface area (Å²) in [5.41, 5.74) is 12.3. The molecule has 0 spiro atoms. The van der Waals surface area contributed by atoms with Gasteiger partial charge in [-0.25, -0.2) is 0 Å². The molecule has 2 aliphatic rings. The van der Waals surface area contributed by atoms with Crippen LogP contribution in [-0.2, 0) is 14.8 Å². The van der Waals surface area contributed by atoms with E-state index in [2.05, 4.69) is 147 Å². The minimum atomic E-state index is 0.521. The van der Waals surface area contributed by atoms with Gasteiger partial charge in [-0.2, -0.15) is 12.8 Å². The molecule has 0 amide bonds. The zero-order valence-corrected chi connectivity index (χ0v) is 40.3. The van der Waals surface area contributed by atoms with Gasteiger partial charge in [0.2, 0.25) is 0 Å². The van der Waals surface area contributed by atoms with E-state index < -0.39 is 0 Å². The molecule has 8 rings (SSSR count). The Labute approximate surface area is 357 Å². The Bertz CT molecular complexity index is 2150. The van der Waals surface area contributed by atoms with Crippen molar-refractivity contribution >= 4 is 52.9 Å². The minimum absolute atomic E-state index is 0.521. The number of aryl methyl sites for hydroxylation is 4. The molecule has 2 saturated carbocycles. The van der Waals surface area contributed by atoms with Gasteiger partial charge in [0.05, 0.1) is 11.4 Å². The van der Waals surface area contributed by atoms with Gasteiger partial charge in [0.1, 0.15) is 0 Å². The molecule has 0 saturated heterocycles. The van der Waals surface area contributed by atoms with E-state index in [0.717, 1.165) is 32.7 Å². The number of benzene rings is 4. The third-order valence-corrected chi connectivity index (χ3v) is 11.6. The summed E-state index contributed by atoms with van der Waals surface area (Å²) in [6.45, 7) is 18.1. The van der Waals surface area contributed by atoms with Gasteiger partial charge in [-0.1, -0.05) is 111 Å². The standard InChI is InChI=1S/C25H29N.C17H14ClN.C8H15.HI.Zn/c1-17-13-18(2)15-22(14-17)24-23-6-5-20(16-21(23)9-12-26-24)19-7-10-25(3,4)11-8-19;1-11-7-12(2)9-14(8-11)17-16-4-3-15(18)10-13(16)5-6-19-17;1-8(2)6-4-3-5-7-8;;/h5-6,9,12-16,19H,7-8,10-11H2,1-4H3;3-10H,1-2H3;3H,4-7H2,1-2H3;1H;/q;;-1;;+2/p-1. The molecule has 2 aromatic heterocycles. The Balaban J connectivity index is 0.000000174. The Kier molecular flexibility index (Phi) is 15.5. The molecule has 6 aromatic rings. The van der Waals surface area contributed by atoms with Crippen molar-refractivity contribution in [1.82, 2.24) is 9.97 Å². The van der Waals surface area contributed by atoms with Crippen molar-refractivity contribution < 1.29 is 14.8 Å². The molecule has 2 fully saturated rings. The van der Waals surface area contributed by atoms with Crippen molar-refractivity contribution in [2.24, 2.45) is 10.8 Å². The number of rotatable bonds is 3. The summed E-state index contributed by atoms with van der Waals surface area (Å²) in [7, 11) is 0. The van der Waals surface area contributed by atoms with Crippen molar-refractivity contribution in [2.75, 3.05) is 0 Å². The molecule has 55 heavy (non-hydrogen) atoms. The molecule has 2 heterocycles. The first-order valence-corrected chi connectivity index (χ1v) is 29.4. The molecule has 0 radical (unpaired) electrons. The molecule has 0 aliphatic heterocycles. The van der Waals surface area contributed by atoms with E-state index in [1.807, 2.05) is 36.7 Å². The molecule has 0 bridgehead atoms. The van der Waals surface area contributed by atoms with Crippen molar-refractivity contribution in [1.29, 1.82) is 0 Å². The van der Waals surface area contributed by atoms with E-state index in [4.69, 9.17) is 16.6 Å². The third kappa shape index (κ3) is 12.2. The first-order valence-electron chi connectivity index (χ1n) is 19.9. The van der Waals surface area contributed by atoms with E-state index in [1.54, 1.807) is 0 Å². The first-order chi connectivity index (χ1) is 26.2. The van der Waals surface area contributed by atoms with Gasteiger partial charge in [0.15, 0.2) is 0 Å². The van der Waals surface area contributed by atoms with E-state index in [0.29, 0.717) is 16.7 Å². The summed E-state index contributed by atoms with van der Waals surface area (Å²) in [4.78, 5) is 9.27. The van der Waals surface area contributed by atoms with E-state index in [9.17, 15) is 0 Å². The number of hydrogen-bond donors (Lipinski definition) is 0. The van der Waals surface area contributed by atoms with Crippen molar-refractivity contribution in [3.8, 4) is 22.5 Å². The maximum absolute atomic E-state index is 6.05. The molecule has 5 heteroatoms. The summed E-state index contributed by atoms with van der Waals surface area (Å²) in [5, 5.41) is 5.59. The van der Waals surface area contributed by atoms with Gasteiger partial charge in [0, 0.05) is 39.3 Å². The average Bonchev–Trinajstić information content (AvgIpc) is 3.14. The molecule has 2 nitrogen and oxygen atoms in total. The van der Waals surface area contributed by atoms with Gasteiger partial charge in [-0.3, -0.25) is 9.97 Å². The summed E-state index contributed by atoms with van der Waals surface area (Å²) in [5.74, 6) is 0.713. The van der Waals surface area contributed by atoms with Crippen LogP contribution in [0.15, 0.2) is 97.3 Å². The molecular formula is C50H58ClIN2Zn. The zero-order chi connectivity index (χ0) is 39.8. The summed E-state index contributed by atoms with van der Waals surface area (Å²) >= 11 is 9.67. The second kappa shape index (κ2) is 19.7. The van der Waals surface area contributed by atoms with E-state index in [-0.39, 0.29) is 0 Å². The molecule has 284 valence electrons. The number of aromatic nitrogens is 2. The molecule has 0 unspecified atom stereocenters. The van der Waals surface area contributed by atoms with Gasteiger partial charge in [0.25, 0.3) is 0 Å². The van der Waals surface area contributed by atoms with Gasteiger partial charge >= 0.3 is 34.5 Å². The molecule has 0 N–H and O–H groups in total. The van der Waals surface area contributed by atoms with Crippen molar-refractivity contribution in [3.63, 3.8) is 0 Å². The van der Waals surface area contributed by atoms with Crippen LogP contribution in [0.4, 0.5) is 0 Å². The van der Waals surface area contributed by atoms with Crippen molar-refractivity contribution in [3.05, 3.63) is 137 Å². The number of hydrogen-bond acceptors (Lipinski definition) is 2. The van der Waals surface area contributed by atoms with Gasteiger partial charge < -0.3 is 6.42 Å². The fraction of sp³-hybridized carbons (Fsp3) is 0.380. The Morgan fingerprint density at radius 2 is 1.02 bits per heavy atom. The molecule has 2 aliphatic carbocycles. The van der Waals surface area contributed by atoms with Gasteiger partial charge in [-0.05, 0) is 135 Å². The van der Waals surface area contributed by atoms with E-state index >= 15 is 0 Å². The molecular weight excluding hydrogens is 856 g/mol. The van der Waals surface area contributed by atoms with Gasteiger partial charge in [-0.15, -0.1) is 0 Å². The predicted molar refractivity (Wildman–Crippen MR) is 244 cm³/mol. The second-order valence-corrected chi connectivity index (χ2v) is 17.8. The summed E-state index contributed by atoms with van der Waals surface area (Å²) in [6.07, 6.45) is 17.0. The molecule has 0 atom stereocenters. The normalized spacial score (nSPS) is 16.2. The Hall–Kier alpha value is -2.66. The van der Waals surface area contributed by atoms with E-state index in [1.165, 1.54) is 110 Å². The van der Waals surface area contributed by atoms with Crippen LogP contribution in [0.3, 0.4) is 0 Å². The topological polar surface area (TPSA) is 25.8 Å². The number of nitrogens with zero attached hydrogens (tertiary/aromatic N) is 2. The average molecular weight is 915 g/mol. The zero-order valence-electron chi connectivity index (χ0n) is 34.4. The number of fused-ring (bicyclic) bond motifs is 2. The van der Waals surface area contributed by atoms with Crippen LogP contribution in [0.5, 0.6) is 0 Å². The van der Waals surface area contributed by atoms with Crippen LogP contribution in [0.25, 0.3) is 44.1 Å². The quantitative estimate of drug-likeness (QED) is 0.100. The molecule has 4 aromatic carbocycles. The van der Waals surface area contributed by atoms with Crippen LogP contribution in [0.2, 0.25) is 5.02 Å². The van der Waals surface area contributed by atoms with Crippen LogP contribution in [-0.4, -0.2) is 9.97 Å². The van der Waals surface area contributed by atoms with Crippen LogP contribution in [0.1, 0.15) is 113 Å². The van der Waals surface area contributed by atoms with Crippen LogP contribution >= 0.6 is 31.4 Å². The predicted octanol–water partition coefficient (Wildman–Crippen LogP) is 16.0. The fourth-order valence-corrected chi connectivity index (χ4v) is 8.45. The SMILES string of the molecule is CC1(C)CC[CH-]CC1.Cc1cc(C)cc(-c2nccc3cc(C4CCC(C)(C)CC4)ccc23)c1.Cc1cc(C)cc(-c2nccc3cc(Cl)ccc23)c1.[Zn+][I]. The second-order valence-electron chi connectivity index (χ2n) is 17.4. The number of halogens is 2. The third-order valence-electron chi connectivity index (χ3n) is 11.4. The van der Waals surface area contributed by atoms with Crippen LogP contribution in [0, 0.1) is 44.9 Å². The van der Waals surface area contributed by atoms with Crippen molar-refractivity contribution in [2.45, 2.75) is 113 Å². The Morgan fingerprint density at radius 1 is 0.582 bits per heavy atom. The summed E-state index contributed by atoms with van der Waals surface area (Å²) < 4.78 is 0. The Morgan fingerprint density at radius 3 is 1.47 bits per heavy atom.